The SMILES string of the molecule is CCNCC1COc2ccccc2O1.Cl. The number of ether oxygens (including phenoxy) is 2. The van der Waals surface area contributed by atoms with Crippen molar-refractivity contribution in [2.75, 3.05) is 19.7 Å². The molecule has 1 heterocycles. The molecule has 0 saturated heterocycles. The van der Waals surface area contributed by atoms with Crippen molar-refractivity contribution >= 4 is 12.4 Å². The molecular weight excluding hydrogens is 214 g/mol. The van der Waals surface area contributed by atoms with E-state index in [4.69, 9.17) is 9.47 Å². The minimum absolute atomic E-state index is 0. The first kappa shape index (κ1) is 12.1. The van der Waals surface area contributed by atoms with E-state index in [1.165, 1.54) is 0 Å². The average molecular weight is 230 g/mol. The van der Waals surface area contributed by atoms with Gasteiger partial charge in [-0.1, -0.05) is 19.1 Å². The molecule has 15 heavy (non-hydrogen) atoms. The lowest BCUT2D eigenvalue weighted by Crippen LogP contribution is -2.38. The molecule has 1 unspecified atom stereocenters. The lowest BCUT2D eigenvalue weighted by atomic mass is 10.2. The number of benzene rings is 1. The Balaban J connectivity index is 0.00000112. The molecular formula is C11H16ClNO2. The smallest absolute Gasteiger partial charge is 0.161 e. The van der Waals surface area contributed by atoms with Crippen LogP contribution in [0.25, 0.3) is 0 Å². The van der Waals surface area contributed by atoms with Crippen LogP contribution >= 0.6 is 12.4 Å². The summed E-state index contributed by atoms with van der Waals surface area (Å²) in [5.74, 6) is 1.70. The van der Waals surface area contributed by atoms with Crippen molar-refractivity contribution in [1.82, 2.24) is 5.32 Å². The predicted octanol–water partition coefficient (Wildman–Crippen LogP) is 1.86. The van der Waals surface area contributed by atoms with Crippen LogP contribution < -0.4 is 14.8 Å². The number of rotatable bonds is 3. The Morgan fingerprint density at radius 3 is 2.80 bits per heavy atom. The second kappa shape index (κ2) is 5.83. The Labute approximate surface area is 96.2 Å². The van der Waals surface area contributed by atoms with Crippen LogP contribution in [0.3, 0.4) is 0 Å². The Morgan fingerprint density at radius 1 is 1.33 bits per heavy atom. The summed E-state index contributed by atoms with van der Waals surface area (Å²) in [5, 5.41) is 3.24. The van der Waals surface area contributed by atoms with Crippen molar-refractivity contribution < 1.29 is 9.47 Å². The van der Waals surface area contributed by atoms with Gasteiger partial charge in [-0.15, -0.1) is 12.4 Å². The zero-order chi connectivity index (χ0) is 9.80. The first-order chi connectivity index (χ1) is 6.90. The molecule has 0 saturated carbocycles. The van der Waals surface area contributed by atoms with Crippen molar-refractivity contribution in [3.8, 4) is 11.5 Å². The van der Waals surface area contributed by atoms with Crippen LogP contribution in [-0.4, -0.2) is 25.8 Å². The zero-order valence-electron chi connectivity index (χ0n) is 8.73. The van der Waals surface area contributed by atoms with E-state index < -0.39 is 0 Å². The van der Waals surface area contributed by atoms with Gasteiger partial charge < -0.3 is 14.8 Å². The van der Waals surface area contributed by atoms with E-state index in [2.05, 4.69) is 12.2 Å². The van der Waals surface area contributed by atoms with Crippen LogP contribution in [0.2, 0.25) is 0 Å². The van der Waals surface area contributed by atoms with Gasteiger partial charge in [-0.05, 0) is 18.7 Å². The molecule has 1 aliphatic heterocycles. The summed E-state index contributed by atoms with van der Waals surface area (Å²) in [6.07, 6.45) is 0.129. The second-order valence-corrected chi connectivity index (χ2v) is 3.31. The summed E-state index contributed by atoms with van der Waals surface area (Å²) >= 11 is 0. The van der Waals surface area contributed by atoms with E-state index >= 15 is 0 Å². The number of hydrogen-bond acceptors (Lipinski definition) is 3. The second-order valence-electron chi connectivity index (χ2n) is 3.31. The molecule has 0 spiro atoms. The van der Waals surface area contributed by atoms with E-state index in [9.17, 15) is 0 Å². The van der Waals surface area contributed by atoms with Gasteiger partial charge in [0, 0.05) is 6.54 Å². The lowest BCUT2D eigenvalue weighted by Gasteiger charge is -2.26. The summed E-state index contributed by atoms with van der Waals surface area (Å²) in [6.45, 7) is 4.51. The van der Waals surface area contributed by atoms with Gasteiger partial charge in [0.15, 0.2) is 11.5 Å². The summed E-state index contributed by atoms with van der Waals surface area (Å²) < 4.78 is 11.3. The largest absolute Gasteiger partial charge is 0.486 e. The monoisotopic (exact) mass is 229 g/mol. The van der Waals surface area contributed by atoms with Crippen LogP contribution in [0.1, 0.15) is 6.92 Å². The molecule has 84 valence electrons. The number of likely N-dealkylation sites (N-methyl/N-ethyl adjacent to an activating group) is 1. The van der Waals surface area contributed by atoms with Gasteiger partial charge in [0.05, 0.1) is 0 Å². The lowest BCUT2D eigenvalue weighted by molar-refractivity contribution is 0.0909. The first-order valence-electron chi connectivity index (χ1n) is 4.99. The average Bonchev–Trinajstić information content (AvgIpc) is 2.26. The maximum absolute atomic E-state index is 5.75. The molecule has 1 atom stereocenters. The van der Waals surface area contributed by atoms with Gasteiger partial charge in [-0.2, -0.15) is 0 Å². The highest BCUT2D eigenvalue weighted by molar-refractivity contribution is 5.85. The zero-order valence-corrected chi connectivity index (χ0v) is 9.55. The molecule has 4 heteroatoms. The summed E-state index contributed by atoms with van der Waals surface area (Å²) in [4.78, 5) is 0. The maximum atomic E-state index is 5.75. The molecule has 1 N–H and O–H groups in total. The molecule has 0 aliphatic carbocycles. The normalized spacial score (nSPS) is 18.1. The number of fused-ring (bicyclic) bond motifs is 1. The molecule has 0 bridgehead atoms. The van der Waals surface area contributed by atoms with Crippen LogP contribution in [0.15, 0.2) is 24.3 Å². The quantitative estimate of drug-likeness (QED) is 0.858. The standard InChI is InChI=1S/C11H15NO2.ClH/c1-2-12-7-9-8-13-10-5-3-4-6-11(10)14-9;/h3-6,9,12H,2,7-8H2,1H3;1H. The van der Waals surface area contributed by atoms with Gasteiger partial charge in [-0.25, -0.2) is 0 Å². The molecule has 3 nitrogen and oxygen atoms in total. The Bertz CT molecular complexity index is 306. The Kier molecular flexibility index (Phi) is 4.72. The molecule has 0 radical (unpaired) electrons. The molecule has 1 aromatic rings. The number of hydrogen-bond donors (Lipinski definition) is 1. The summed E-state index contributed by atoms with van der Waals surface area (Å²) in [5.41, 5.74) is 0. The van der Waals surface area contributed by atoms with Crippen LogP contribution in [0, 0.1) is 0 Å². The van der Waals surface area contributed by atoms with Gasteiger partial charge in [-0.3, -0.25) is 0 Å². The third-order valence-electron chi connectivity index (χ3n) is 2.19. The van der Waals surface area contributed by atoms with Crippen LogP contribution in [0.4, 0.5) is 0 Å². The van der Waals surface area contributed by atoms with E-state index in [0.717, 1.165) is 24.6 Å². The minimum atomic E-state index is 0. The van der Waals surface area contributed by atoms with Gasteiger partial charge >= 0.3 is 0 Å². The third-order valence-corrected chi connectivity index (χ3v) is 2.19. The van der Waals surface area contributed by atoms with Crippen molar-refractivity contribution in [2.45, 2.75) is 13.0 Å². The fraction of sp³-hybridized carbons (Fsp3) is 0.455. The topological polar surface area (TPSA) is 30.5 Å². The third kappa shape index (κ3) is 3.01. The van der Waals surface area contributed by atoms with Crippen LogP contribution in [0.5, 0.6) is 11.5 Å². The van der Waals surface area contributed by atoms with Crippen molar-refractivity contribution in [1.29, 1.82) is 0 Å². The Hall–Kier alpha value is -0.930. The van der Waals surface area contributed by atoms with Gasteiger partial charge in [0.2, 0.25) is 0 Å². The summed E-state index contributed by atoms with van der Waals surface area (Å²) in [6, 6.07) is 7.77. The molecule has 0 fully saturated rings. The molecule has 2 rings (SSSR count). The van der Waals surface area contributed by atoms with E-state index in [1.807, 2.05) is 24.3 Å². The van der Waals surface area contributed by atoms with Gasteiger partial charge in [0.25, 0.3) is 0 Å². The fourth-order valence-corrected chi connectivity index (χ4v) is 1.47. The summed E-state index contributed by atoms with van der Waals surface area (Å²) in [7, 11) is 0. The Morgan fingerprint density at radius 2 is 2.07 bits per heavy atom. The van der Waals surface area contributed by atoms with E-state index in [0.29, 0.717) is 6.61 Å². The minimum Gasteiger partial charge on any atom is -0.486 e. The van der Waals surface area contributed by atoms with Gasteiger partial charge in [0.1, 0.15) is 12.7 Å². The fourth-order valence-electron chi connectivity index (χ4n) is 1.47. The van der Waals surface area contributed by atoms with Crippen molar-refractivity contribution in [3.63, 3.8) is 0 Å². The molecule has 1 aliphatic rings. The van der Waals surface area contributed by atoms with E-state index in [1.54, 1.807) is 0 Å². The number of halogens is 1. The molecule has 1 aromatic carbocycles. The number of para-hydroxylation sites is 2. The molecule has 0 amide bonds. The highest BCUT2D eigenvalue weighted by Crippen LogP contribution is 2.30. The predicted molar refractivity (Wildman–Crippen MR) is 62.1 cm³/mol. The molecule has 0 aromatic heterocycles. The number of nitrogens with one attached hydrogen (secondary N) is 1. The van der Waals surface area contributed by atoms with Crippen LogP contribution in [-0.2, 0) is 0 Å². The maximum Gasteiger partial charge on any atom is 0.161 e. The highest BCUT2D eigenvalue weighted by atomic mass is 35.5. The van der Waals surface area contributed by atoms with Crippen molar-refractivity contribution in [2.24, 2.45) is 0 Å². The van der Waals surface area contributed by atoms with E-state index in [-0.39, 0.29) is 18.5 Å². The first-order valence-corrected chi connectivity index (χ1v) is 4.99. The van der Waals surface area contributed by atoms with Crippen molar-refractivity contribution in [3.05, 3.63) is 24.3 Å². The highest BCUT2D eigenvalue weighted by Gasteiger charge is 2.19.